The molecule has 0 aliphatic carbocycles. The van der Waals surface area contributed by atoms with Crippen molar-refractivity contribution in [2.75, 3.05) is 0 Å². The van der Waals surface area contributed by atoms with Crippen LogP contribution in [0.1, 0.15) is 13.3 Å². The van der Waals surface area contributed by atoms with E-state index in [1.807, 2.05) is 6.07 Å². The van der Waals surface area contributed by atoms with Crippen molar-refractivity contribution < 1.29 is 14.6 Å². The molecule has 1 N–H and O–H groups in total. The fourth-order valence-electron chi connectivity index (χ4n) is 1.75. The number of fused-ring (bicyclic) bond motifs is 1. The van der Waals surface area contributed by atoms with Gasteiger partial charge in [0, 0.05) is 11.6 Å². The summed E-state index contributed by atoms with van der Waals surface area (Å²) in [6.07, 6.45) is 1.16. The minimum Gasteiger partial charge on any atom is -0.487 e. The van der Waals surface area contributed by atoms with Crippen LogP contribution in [0.2, 0.25) is 5.02 Å². The minimum absolute atomic E-state index is 0.0625. The van der Waals surface area contributed by atoms with Crippen LogP contribution in [0, 0.1) is 3.57 Å². The number of carboxylic acid groups (broad SMARTS) is 1. The fourth-order valence-corrected chi connectivity index (χ4v) is 2.89. The van der Waals surface area contributed by atoms with Gasteiger partial charge in [0.05, 0.1) is 15.0 Å². The van der Waals surface area contributed by atoms with Crippen LogP contribution in [0.15, 0.2) is 24.4 Å². The Balaban J connectivity index is 2.45. The van der Waals surface area contributed by atoms with Crippen molar-refractivity contribution in [1.29, 1.82) is 0 Å². The van der Waals surface area contributed by atoms with Crippen LogP contribution in [0.4, 0.5) is 0 Å². The Kier molecular flexibility index (Phi) is 4.46. The van der Waals surface area contributed by atoms with Gasteiger partial charge in [0.25, 0.3) is 0 Å². The van der Waals surface area contributed by atoms with E-state index >= 15 is 0 Å². The van der Waals surface area contributed by atoms with E-state index in [4.69, 9.17) is 21.4 Å². The molecule has 19 heavy (non-hydrogen) atoms. The molecule has 0 aliphatic heterocycles. The molecule has 4 nitrogen and oxygen atoms in total. The molecular weight excluding hydrogens is 381 g/mol. The molecular formula is C13H11ClINO3. The summed E-state index contributed by atoms with van der Waals surface area (Å²) in [7, 11) is 0. The van der Waals surface area contributed by atoms with Crippen molar-refractivity contribution in [3.05, 3.63) is 33.0 Å². The Labute approximate surface area is 128 Å². The second-order valence-corrected chi connectivity index (χ2v) is 5.66. The SMILES string of the molecule is CC(CC(=O)O)Oc1c(I)cc(Cl)c2cccnc12. The van der Waals surface area contributed by atoms with Crippen molar-refractivity contribution in [3.8, 4) is 5.75 Å². The summed E-state index contributed by atoms with van der Waals surface area (Å²) in [4.78, 5) is 15.0. The molecule has 0 bridgehead atoms. The normalized spacial score (nSPS) is 12.4. The molecule has 0 saturated heterocycles. The van der Waals surface area contributed by atoms with Gasteiger partial charge in [-0.15, -0.1) is 0 Å². The maximum Gasteiger partial charge on any atom is 0.307 e. The lowest BCUT2D eigenvalue weighted by atomic mass is 10.2. The van der Waals surface area contributed by atoms with Gasteiger partial charge in [0.15, 0.2) is 5.75 Å². The Hall–Kier alpha value is -1.08. The van der Waals surface area contributed by atoms with Gasteiger partial charge < -0.3 is 9.84 Å². The molecule has 0 aliphatic rings. The van der Waals surface area contributed by atoms with Crippen molar-refractivity contribution >= 4 is 51.1 Å². The molecule has 2 rings (SSSR count). The number of aromatic nitrogens is 1. The Morgan fingerprint density at radius 3 is 3.05 bits per heavy atom. The highest BCUT2D eigenvalue weighted by Crippen LogP contribution is 2.35. The molecule has 2 aromatic rings. The summed E-state index contributed by atoms with van der Waals surface area (Å²) < 4.78 is 6.53. The smallest absolute Gasteiger partial charge is 0.307 e. The summed E-state index contributed by atoms with van der Waals surface area (Å²) in [5, 5.41) is 10.2. The second kappa shape index (κ2) is 5.92. The highest BCUT2D eigenvalue weighted by Gasteiger charge is 2.16. The third-order valence-corrected chi connectivity index (χ3v) is 3.65. The quantitative estimate of drug-likeness (QED) is 0.807. The van der Waals surface area contributed by atoms with Crippen molar-refractivity contribution in [1.82, 2.24) is 4.98 Å². The Morgan fingerprint density at radius 1 is 1.63 bits per heavy atom. The number of halogens is 2. The van der Waals surface area contributed by atoms with E-state index in [0.29, 0.717) is 16.3 Å². The summed E-state index contributed by atoms with van der Waals surface area (Å²) >= 11 is 8.26. The standard InChI is InChI=1S/C13H11ClINO3/c1-7(5-11(17)18)19-13-10(15)6-9(14)8-3-2-4-16-12(8)13/h2-4,6-7H,5H2,1H3,(H,17,18). The zero-order valence-electron chi connectivity index (χ0n) is 10.1. The number of ether oxygens (including phenoxy) is 1. The zero-order chi connectivity index (χ0) is 14.0. The van der Waals surface area contributed by atoms with Crippen molar-refractivity contribution in [2.45, 2.75) is 19.4 Å². The first-order valence-electron chi connectivity index (χ1n) is 5.60. The minimum atomic E-state index is -0.895. The molecule has 100 valence electrons. The van der Waals surface area contributed by atoms with Crippen LogP contribution in [-0.4, -0.2) is 22.2 Å². The molecule has 1 heterocycles. The van der Waals surface area contributed by atoms with Gasteiger partial charge in [0.2, 0.25) is 0 Å². The van der Waals surface area contributed by atoms with Crippen LogP contribution >= 0.6 is 34.2 Å². The lowest BCUT2D eigenvalue weighted by Crippen LogP contribution is -2.17. The Morgan fingerprint density at radius 2 is 2.37 bits per heavy atom. The van der Waals surface area contributed by atoms with Gasteiger partial charge >= 0.3 is 5.97 Å². The van der Waals surface area contributed by atoms with Crippen molar-refractivity contribution in [3.63, 3.8) is 0 Å². The lowest BCUT2D eigenvalue weighted by molar-refractivity contribution is -0.138. The number of nitrogens with zero attached hydrogens (tertiary/aromatic N) is 1. The molecule has 0 spiro atoms. The van der Waals surface area contributed by atoms with Crippen LogP contribution < -0.4 is 4.74 Å². The molecule has 6 heteroatoms. The third-order valence-electron chi connectivity index (χ3n) is 2.53. The average Bonchev–Trinajstić information content (AvgIpc) is 2.33. The molecule has 1 aromatic heterocycles. The van der Waals surface area contributed by atoms with Gasteiger partial charge in [-0.05, 0) is 47.7 Å². The summed E-state index contributed by atoms with van der Waals surface area (Å²) in [6.45, 7) is 1.72. The summed E-state index contributed by atoms with van der Waals surface area (Å²) in [5.74, 6) is -0.317. The first kappa shape index (κ1) is 14.3. The predicted molar refractivity (Wildman–Crippen MR) is 81.8 cm³/mol. The van der Waals surface area contributed by atoms with Crippen LogP contribution in [0.5, 0.6) is 5.75 Å². The summed E-state index contributed by atoms with van der Waals surface area (Å²) in [5.41, 5.74) is 0.650. The number of hydrogen-bond donors (Lipinski definition) is 1. The first-order valence-corrected chi connectivity index (χ1v) is 7.06. The maximum absolute atomic E-state index is 10.7. The van der Waals surface area contributed by atoms with E-state index in [1.54, 1.807) is 25.3 Å². The number of pyridine rings is 1. The van der Waals surface area contributed by atoms with Gasteiger partial charge in [-0.25, -0.2) is 0 Å². The van der Waals surface area contributed by atoms with Crippen LogP contribution in [0.25, 0.3) is 10.9 Å². The molecule has 0 fully saturated rings. The topological polar surface area (TPSA) is 59.4 Å². The highest BCUT2D eigenvalue weighted by molar-refractivity contribution is 14.1. The first-order chi connectivity index (χ1) is 8.99. The fraction of sp³-hybridized carbons (Fsp3) is 0.231. The lowest BCUT2D eigenvalue weighted by Gasteiger charge is -2.16. The number of carboxylic acids is 1. The summed E-state index contributed by atoms with van der Waals surface area (Å²) in [6, 6.07) is 5.44. The van der Waals surface area contributed by atoms with Gasteiger partial charge in [-0.2, -0.15) is 0 Å². The molecule has 1 atom stereocenters. The zero-order valence-corrected chi connectivity index (χ0v) is 13.0. The van der Waals surface area contributed by atoms with E-state index < -0.39 is 12.1 Å². The highest BCUT2D eigenvalue weighted by atomic mass is 127. The predicted octanol–water partition coefficient (Wildman–Crippen LogP) is 3.73. The molecule has 0 amide bonds. The largest absolute Gasteiger partial charge is 0.487 e. The number of rotatable bonds is 4. The van der Waals surface area contributed by atoms with Gasteiger partial charge in [-0.3, -0.25) is 9.78 Å². The van der Waals surface area contributed by atoms with E-state index in [2.05, 4.69) is 27.6 Å². The molecule has 0 saturated carbocycles. The van der Waals surface area contributed by atoms with E-state index in [0.717, 1.165) is 8.96 Å². The molecule has 1 unspecified atom stereocenters. The average molecular weight is 392 g/mol. The third kappa shape index (κ3) is 3.27. The number of carbonyl (C=O) groups is 1. The number of benzene rings is 1. The molecule has 1 aromatic carbocycles. The Bertz CT molecular complexity index is 633. The van der Waals surface area contributed by atoms with Gasteiger partial charge in [-0.1, -0.05) is 11.6 Å². The maximum atomic E-state index is 10.7. The van der Waals surface area contributed by atoms with Crippen LogP contribution in [-0.2, 0) is 4.79 Å². The van der Waals surface area contributed by atoms with E-state index in [1.165, 1.54) is 0 Å². The van der Waals surface area contributed by atoms with Gasteiger partial charge in [0.1, 0.15) is 11.6 Å². The van der Waals surface area contributed by atoms with Crippen LogP contribution in [0.3, 0.4) is 0 Å². The monoisotopic (exact) mass is 391 g/mol. The number of aliphatic carboxylic acids is 1. The second-order valence-electron chi connectivity index (χ2n) is 4.10. The number of hydrogen-bond acceptors (Lipinski definition) is 3. The van der Waals surface area contributed by atoms with E-state index in [-0.39, 0.29) is 6.42 Å². The van der Waals surface area contributed by atoms with E-state index in [9.17, 15) is 4.79 Å². The molecule has 0 radical (unpaired) electrons. The van der Waals surface area contributed by atoms with Crippen molar-refractivity contribution in [2.24, 2.45) is 0 Å².